The highest BCUT2D eigenvalue weighted by atomic mass is 14.1. The van der Waals surface area contributed by atoms with Crippen LogP contribution in [-0.2, 0) is 0 Å². The molecule has 0 heteroatoms. The van der Waals surface area contributed by atoms with Crippen LogP contribution in [0.5, 0.6) is 0 Å². The summed E-state index contributed by atoms with van der Waals surface area (Å²) in [6, 6.07) is 0. The molecular formula is C43H104. The van der Waals surface area contributed by atoms with Crippen LogP contribution in [0, 0.1) is 5.92 Å². The second kappa shape index (κ2) is 123. The van der Waals surface area contributed by atoms with Crippen molar-refractivity contribution in [2.75, 3.05) is 0 Å². The quantitative estimate of drug-likeness (QED) is 0.0938. The van der Waals surface area contributed by atoms with Gasteiger partial charge in [-0.05, 0) is 5.92 Å². The van der Waals surface area contributed by atoms with Gasteiger partial charge in [0.15, 0.2) is 0 Å². The molecule has 0 aliphatic rings. The van der Waals surface area contributed by atoms with Crippen molar-refractivity contribution in [2.24, 2.45) is 5.92 Å². The molecule has 0 aliphatic carbocycles. The van der Waals surface area contributed by atoms with Crippen molar-refractivity contribution in [2.45, 2.75) is 266 Å². The molecule has 43 heavy (non-hydrogen) atoms. The largest absolute Gasteiger partial charge is 0.106 e. The van der Waals surface area contributed by atoms with E-state index in [1.807, 2.05) is 96.9 Å². The number of unbranched alkanes of at least 4 members (excludes halogenated alkanes) is 14. The summed E-state index contributed by atoms with van der Waals surface area (Å²) in [5.74, 6) is 1.05. The van der Waals surface area contributed by atoms with E-state index in [9.17, 15) is 0 Å². The van der Waals surface area contributed by atoms with Crippen molar-refractivity contribution in [3.63, 3.8) is 0 Å². The molecule has 0 nitrogen and oxygen atoms in total. The van der Waals surface area contributed by atoms with E-state index in [2.05, 4.69) is 47.8 Å². The molecule has 0 bridgehead atoms. The molecule has 0 radical (unpaired) electrons. The molecule has 0 aliphatic heterocycles. The first-order valence-electron chi connectivity index (χ1n) is 20.8. The molecule has 0 N–H and O–H groups in total. The molecule has 0 fully saturated rings. The standard InChI is InChI=1S/C23H48.C4H10.7C2H6.C2H4/c1-4-7-10-13-15-18-21-23(20-17-12-9-6-3)22-19-16-14-11-8-5-2;1-3-4-2;8*1-2/h23H,4-22H2,1-3H3;3-4H2,1-2H3;7*1-2H3;1-2H2. The zero-order valence-corrected chi connectivity index (χ0v) is 35.8. The summed E-state index contributed by atoms with van der Waals surface area (Å²) in [5, 5.41) is 0. The van der Waals surface area contributed by atoms with Crippen LogP contribution >= 0.6 is 0 Å². The van der Waals surface area contributed by atoms with Gasteiger partial charge in [-0.15, -0.1) is 13.2 Å². The van der Waals surface area contributed by atoms with Gasteiger partial charge < -0.3 is 0 Å². The fourth-order valence-corrected chi connectivity index (χ4v) is 3.72. The smallest absolute Gasteiger partial charge is 0.0414 e. The monoisotopic (exact) mass is 621 g/mol. The molecule has 0 aromatic heterocycles. The number of rotatable bonds is 20. The molecule has 0 saturated carbocycles. The van der Waals surface area contributed by atoms with Crippen LogP contribution in [0.4, 0.5) is 0 Å². The van der Waals surface area contributed by atoms with Crippen molar-refractivity contribution >= 4 is 0 Å². The molecule has 0 amide bonds. The minimum atomic E-state index is 1.05. The maximum atomic E-state index is 3.00. The third-order valence-electron chi connectivity index (χ3n) is 5.90. The predicted molar refractivity (Wildman–Crippen MR) is 220 cm³/mol. The predicted octanol–water partition coefficient (Wildman–Crippen LogP) is 18.9. The van der Waals surface area contributed by atoms with Crippen molar-refractivity contribution in [3.05, 3.63) is 13.2 Å². The van der Waals surface area contributed by atoms with Crippen LogP contribution in [0.15, 0.2) is 13.2 Å². The van der Waals surface area contributed by atoms with E-state index in [0.717, 1.165) is 5.92 Å². The fraction of sp³-hybridized carbons (Fsp3) is 0.953. The zero-order chi connectivity index (χ0) is 36.4. The minimum absolute atomic E-state index is 1.05. The maximum absolute atomic E-state index is 3.00. The summed E-state index contributed by atoms with van der Waals surface area (Å²) in [7, 11) is 0. The average Bonchev–Trinajstić information content (AvgIpc) is 3.13. The molecule has 0 heterocycles. The lowest BCUT2D eigenvalue weighted by Crippen LogP contribution is -2.01. The van der Waals surface area contributed by atoms with Gasteiger partial charge in [0.1, 0.15) is 0 Å². The van der Waals surface area contributed by atoms with Gasteiger partial charge >= 0.3 is 0 Å². The Morgan fingerprint density at radius 3 is 0.605 bits per heavy atom. The maximum Gasteiger partial charge on any atom is -0.0414 e. The minimum Gasteiger partial charge on any atom is -0.106 e. The van der Waals surface area contributed by atoms with Crippen LogP contribution in [0.3, 0.4) is 0 Å². The van der Waals surface area contributed by atoms with Gasteiger partial charge in [0.05, 0.1) is 0 Å². The summed E-state index contributed by atoms with van der Waals surface area (Å²) in [4.78, 5) is 0. The van der Waals surface area contributed by atoms with Crippen LogP contribution < -0.4 is 0 Å². The SMILES string of the molecule is C=C.CC.CC.CC.CC.CC.CC.CC.CCCC.CCCCCCCCC(CCCCCC)CCCCCCCC. The van der Waals surface area contributed by atoms with Crippen LogP contribution in [0.1, 0.15) is 266 Å². The van der Waals surface area contributed by atoms with Gasteiger partial charge in [-0.1, -0.05) is 266 Å². The Kier molecular flexibility index (Phi) is 199. The average molecular weight is 621 g/mol. The Hall–Kier alpha value is -0.260. The van der Waals surface area contributed by atoms with E-state index in [1.165, 1.54) is 135 Å². The third kappa shape index (κ3) is 127. The second-order valence-corrected chi connectivity index (χ2v) is 8.83. The Balaban J connectivity index is -0.0000000566. The first kappa shape index (κ1) is 69.5. The van der Waals surface area contributed by atoms with E-state index < -0.39 is 0 Å². The molecular weight excluding hydrogens is 516 g/mol. The Labute approximate surface area is 284 Å². The summed E-state index contributed by atoms with van der Waals surface area (Å²) in [6.07, 6.45) is 30.5. The lowest BCUT2D eigenvalue weighted by atomic mass is 9.89. The molecule has 0 aromatic rings. The fourth-order valence-electron chi connectivity index (χ4n) is 3.72. The van der Waals surface area contributed by atoms with Crippen molar-refractivity contribution in [3.8, 4) is 0 Å². The lowest BCUT2D eigenvalue weighted by Gasteiger charge is -2.17. The normalized spacial score (nSPS) is 7.91. The topological polar surface area (TPSA) is 0 Å². The van der Waals surface area contributed by atoms with Gasteiger partial charge in [-0.2, -0.15) is 0 Å². The Morgan fingerprint density at radius 2 is 0.419 bits per heavy atom. The van der Waals surface area contributed by atoms with E-state index in [4.69, 9.17) is 0 Å². The molecule has 0 atom stereocenters. The van der Waals surface area contributed by atoms with Crippen LogP contribution in [0.25, 0.3) is 0 Å². The van der Waals surface area contributed by atoms with E-state index in [1.54, 1.807) is 0 Å². The Morgan fingerprint density at radius 1 is 0.256 bits per heavy atom. The first-order valence-corrected chi connectivity index (χ1v) is 20.8. The van der Waals surface area contributed by atoms with Gasteiger partial charge in [0.25, 0.3) is 0 Å². The summed E-state index contributed by atoms with van der Waals surface area (Å²) in [6.45, 7) is 45.3. The van der Waals surface area contributed by atoms with Gasteiger partial charge in [-0.25, -0.2) is 0 Å². The summed E-state index contributed by atoms with van der Waals surface area (Å²) in [5.41, 5.74) is 0. The molecule has 0 saturated heterocycles. The number of hydrogen-bond donors (Lipinski definition) is 0. The highest BCUT2D eigenvalue weighted by Crippen LogP contribution is 2.24. The second-order valence-electron chi connectivity index (χ2n) is 8.83. The summed E-state index contributed by atoms with van der Waals surface area (Å²) >= 11 is 0. The van der Waals surface area contributed by atoms with Crippen molar-refractivity contribution < 1.29 is 0 Å². The molecule has 0 unspecified atom stereocenters. The van der Waals surface area contributed by atoms with Crippen molar-refractivity contribution in [1.82, 2.24) is 0 Å². The molecule has 276 valence electrons. The highest BCUT2D eigenvalue weighted by Gasteiger charge is 2.08. The van der Waals surface area contributed by atoms with Crippen LogP contribution in [0.2, 0.25) is 0 Å². The third-order valence-corrected chi connectivity index (χ3v) is 5.90. The highest BCUT2D eigenvalue weighted by molar-refractivity contribution is 4.62. The first-order chi connectivity index (χ1) is 21.3. The summed E-state index contributed by atoms with van der Waals surface area (Å²) < 4.78 is 0. The van der Waals surface area contributed by atoms with Crippen LogP contribution in [-0.4, -0.2) is 0 Å². The lowest BCUT2D eigenvalue weighted by molar-refractivity contribution is 0.366. The van der Waals surface area contributed by atoms with E-state index >= 15 is 0 Å². The van der Waals surface area contributed by atoms with Crippen molar-refractivity contribution in [1.29, 1.82) is 0 Å². The van der Waals surface area contributed by atoms with Gasteiger partial charge in [0, 0.05) is 0 Å². The molecule has 0 rings (SSSR count). The van der Waals surface area contributed by atoms with E-state index in [-0.39, 0.29) is 0 Å². The van der Waals surface area contributed by atoms with E-state index in [0.29, 0.717) is 0 Å². The van der Waals surface area contributed by atoms with Gasteiger partial charge in [-0.3, -0.25) is 0 Å². The molecule has 0 aromatic carbocycles. The van der Waals surface area contributed by atoms with Gasteiger partial charge in [0.2, 0.25) is 0 Å². The Bertz CT molecular complexity index is 214. The number of hydrogen-bond acceptors (Lipinski definition) is 0. The molecule has 0 spiro atoms. The zero-order valence-electron chi connectivity index (χ0n) is 35.8.